The van der Waals surface area contributed by atoms with Crippen molar-refractivity contribution in [2.75, 3.05) is 0 Å². The normalized spacial score (nSPS) is 11.8. The first-order chi connectivity index (χ1) is 20.5. The Morgan fingerprint density at radius 1 is 0.310 bits per heavy atom. The molecule has 0 radical (unpaired) electrons. The van der Waals surface area contributed by atoms with Crippen LogP contribution in [-0.2, 0) is 0 Å². The second-order valence-electron chi connectivity index (χ2n) is 9.33. The van der Waals surface area contributed by atoms with Crippen molar-refractivity contribution in [3.8, 4) is 23.0 Å². The highest BCUT2D eigenvalue weighted by atomic mass is 16.3. The number of hydrogen-bond acceptors (Lipinski definition) is 6. The van der Waals surface area contributed by atoms with E-state index in [0.717, 1.165) is 0 Å². The summed E-state index contributed by atoms with van der Waals surface area (Å²) in [7, 11) is 0. The summed E-state index contributed by atoms with van der Waals surface area (Å²) in [6.07, 6.45) is 14.1. The minimum absolute atomic E-state index is 0.134. The lowest BCUT2D eigenvalue weighted by atomic mass is 10.1. The van der Waals surface area contributed by atoms with Gasteiger partial charge in [-0.2, -0.15) is 0 Å². The molecule has 0 saturated heterocycles. The van der Waals surface area contributed by atoms with Crippen molar-refractivity contribution in [3.63, 3.8) is 0 Å². The molecule has 1 aromatic heterocycles. The van der Waals surface area contributed by atoms with E-state index in [4.69, 9.17) is 9.97 Å². The number of hydrogen-bond donors (Lipinski definition) is 4. The Kier molecular flexibility index (Phi) is 8.56. The van der Waals surface area contributed by atoms with Crippen LogP contribution >= 0.6 is 0 Å². The third-order valence-electron chi connectivity index (χ3n) is 6.44. The Labute approximate surface area is 243 Å². The van der Waals surface area contributed by atoms with Gasteiger partial charge < -0.3 is 20.4 Å². The van der Waals surface area contributed by atoms with Gasteiger partial charge in [0.25, 0.3) is 0 Å². The number of phenolic OH excluding ortho intramolecular Hbond substituents is 4. The van der Waals surface area contributed by atoms with E-state index >= 15 is 0 Å². The summed E-state index contributed by atoms with van der Waals surface area (Å²) in [6.45, 7) is 0. The van der Waals surface area contributed by atoms with E-state index in [1.165, 1.54) is 0 Å². The van der Waals surface area contributed by atoms with Crippen LogP contribution in [0.25, 0.3) is 48.6 Å². The smallest absolute Gasteiger partial charge is 0.122 e. The average Bonchev–Trinajstić information content (AvgIpc) is 3.00. The first-order valence-corrected chi connectivity index (χ1v) is 13.2. The summed E-state index contributed by atoms with van der Waals surface area (Å²) >= 11 is 0. The van der Waals surface area contributed by atoms with Crippen LogP contribution in [0.5, 0.6) is 23.0 Å². The highest BCUT2D eigenvalue weighted by Crippen LogP contribution is 2.26. The van der Waals surface area contributed by atoms with Crippen molar-refractivity contribution >= 4 is 48.6 Å². The Bertz CT molecular complexity index is 1570. The van der Waals surface area contributed by atoms with Crippen LogP contribution in [0.15, 0.2) is 97.1 Å². The van der Waals surface area contributed by atoms with Crippen molar-refractivity contribution in [3.05, 3.63) is 142 Å². The predicted octanol–water partition coefficient (Wildman–Crippen LogP) is 7.98. The van der Waals surface area contributed by atoms with E-state index in [1.807, 2.05) is 24.3 Å². The third-order valence-corrected chi connectivity index (χ3v) is 6.44. The van der Waals surface area contributed by atoms with Gasteiger partial charge in [-0.25, -0.2) is 9.97 Å². The number of nitrogens with zero attached hydrogens (tertiary/aromatic N) is 2. The molecule has 0 aliphatic carbocycles. The van der Waals surface area contributed by atoms with Crippen LogP contribution in [0.1, 0.15) is 45.0 Å². The summed E-state index contributed by atoms with van der Waals surface area (Å²) in [5.41, 5.74) is 4.52. The standard InChI is InChI=1S/C36H28N2O4/c39-33-13-5-1-9-25(33)17-21-29-30(22-18-26-10-2-6-14-34(26)40)38-32(24-20-28-12-4-8-16-36(28)42)31(37-29)23-19-27-11-3-7-15-35(27)41/h1-24,39-42H. The second-order valence-corrected chi connectivity index (χ2v) is 9.33. The van der Waals surface area contributed by atoms with E-state index in [2.05, 4.69) is 0 Å². The molecule has 42 heavy (non-hydrogen) atoms. The number of aromatic hydroxyl groups is 4. The maximum absolute atomic E-state index is 10.3. The Morgan fingerprint density at radius 2 is 0.524 bits per heavy atom. The molecule has 0 unspecified atom stereocenters. The minimum Gasteiger partial charge on any atom is -0.507 e. The number of benzene rings is 4. The van der Waals surface area contributed by atoms with Crippen LogP contribution < -0.4 is 0 Å². The zero-order chi connectivity index (χ0) is 29.3. The van der Waals surface area contributed by atoms with Crippen molar-refractivity contribution in [1.82, 2.24) is 9.97 Å². The van der Waals surface area contributed by atoms with Gasteiger partial charge in [-0.3, -0.25) is 0 Å². The molecule has 0 fully saturated rings. The highest BCUT2D eigenvalue weighted by molar-refractivity contribution is 5.83. The minimum atomic E-state index is 0.134. The molecule has 4 aromatic carbocycles. The zero-order valence-electron chi connectivity index (χ0n) is 22.5. The van der Waals surface area contributed by atoms with Crippen LogP contribution in [0.3, 0.4) is 0 Å². The quantitative estimate of drug-likeness (QED) is 0.155. The van der Waals surface area contributed by atoms with Gasteiger partial charge in [0.05, 0.1) is 22.8 Å². The monoisotopic (exact) mass is 552 g/mol. The maximum Gasteiger partial charge on any atom is 0.122 e. The number of para-hydroxylation sites is 4. The van der Waals surface area contributed by atoms with Crippen LogP contribution in [0.2, 0.25) is 0 Å². The van der Waals surface area contributed by atoms with Gasteiger partial charge in [-0.1, -0.05) is 72.8 Å². The van der Waals surface area contributed by atoms with Gasteiger partial charge in [0.15, 0.2) is 0 Å². The van der Waals surface area contributed by atoms with E-state index < -0.39 is 0 Å². The fraction of sp³-hybridized carbons (Fsp3) is 0. The third kappa shape index (κ3) is 6.81. The molecular weight excluding hydrogens is 524 g/mol. The van der Waals surface area contributed by atoms with Crippen LogP contribution in [-0.4, -0.2) is 30.4 Å². The average molecular weight is 553 g/mol. The molecule has 0 saturated carbocycles. The van der Waals surface area contributed by atoms with E-state index in [9.17, 15) is 20.4 Å². The molecule has 0 bridgehead atoms. The number of rotatable bonds is 8. The molecule has 6 nitrogen and oxygen atoms in total. The molecule has 0 aliphatic rings. The Morgan fingerprint density at radius 3 is 0.738 bits per heavy atom. The molecule has 5 aromatic rings. The fourth-order valence-corrected chi connectivity index (χ4v) is 4.17. The molecular formula is C36H28N2O4. The van der Waals surface area contributed by atoms with Crippen molar-refractivity contribution in [2.24, 2.45) is 0 Å². The van der Waals surface area contributed by atoms with Gasteiger partial charge in [0.1, 0.15) is 23.0 Å². The largest absolute Gasteiger partial charge is 0.507 e. The van der Waals surface area contributed by atoms with E-state index in [1.54, 1.807) is 121 Å². The Balaban J connectivity index is 1.66. The lowest BCUT2D eigenvalue weighted by Gasteiger charge is -2.08. The summed E-state index contributed by atoms with van der Waals surface area (Å²) in [5.74, 6) is 0.537. The Hall–Kier alpha value is -5.88. The van der Waals surface area contributed by atoms with Crippen molar-refractivity contribution in [2.45, 2.75) is 0 Å². The van der Waals surface area contributed by atoms with Crippen molar-refractivity contribution < 1.29 is 20.4 Å². The highest BCUT2D eigenvalue weighted by Gasteiger charge is 2.10. The van der Waals surface area contributed by atoms with Gasteiger partial charge in [0, 0.05) is 22.3 Å². The SMILES string of the molecule is Oc1ccccc1C=Cc1nc(C=Cc2ccccc2O)c(C=Cc2ccccc2O)nc1C=Cc1ccccc1O. The molecule has 0 aliphatic heterocycles. The van der Waals surface area contributed by atoms with Gasteiger partial charge in [-0.05, 0) is 72.9 Å². The van der Waals surface area contributed by atoms with Crippen LogP contribution in [0.4, 0.5) is 0 Å². The van der Waals surface area contributed by atoms with E-state index in [0.29, 0.717) is 45.0 Å². The topological polar surface area (TPSA) is 107 Å². The molecule has 206 valence electrons. The van der Waals surface area contributed by atoms with Gasteiger partial charge >= 0.3 is 0 Å². The van der Waals surface area contributed by atoms with Gasteiger partial charge in [0.2, 0.25) is 0 Å². The summed E-state index contributed by atoms with van der Waals surface area (Å²) in [4.78, 5) is 9.81. The molecule has 6 heteroatoms. The summed E-state index contributed by atoms with van der Waals surface area (Å²) in [5, 5.41) is 41.1. The van der Waals surface area contributed by atoms with Gasteiger partial charge in [-0.15, -0.1) is 0 Å². The summed E-state index contributed by atoms with van der Waals surface area (Å²) in [6, 6.07) is 27.9. The van der Waals surface area contributed by atoms with Crippen LogP contribution in [0, 0.1) is 0 Å². The second kappa shape index (κ2) is 13.0. The molecule has 0 amide bonds. The molecule has 5 rings (SSSR count). The molecule has 0 spiro atoms. The molecule has 1 heterocycles. The van der Waals surface area contributed by atoms with Crippen molar-refractivity contribution in [1.29, 1.82) is 0 Å². The molecule has 0 atom stereocenters. The predicted molar refractivity (Wildman–Crippen MR) is 170 cm³/mol. The number of aromatic nitrogens is 2. The first kappa shape index (κ1) is 27.7. The first-order valence-electron chi connectivity index (χ1n) is 13.2. The zero-order valence-corrected chi connectivity index (χ0v) is 22.5. The fourth-order valence-electron chi connectivity index (χ4n) is 4.17. The maximum atomic E-state index is 10.3. The molecule has 4 N–H and O–H groups in total. The van der Waals surface area contributed by atoms with E-state index in [-0.39, 0.29) is 23.0 Å². The summed E-state index contributed by atoms with van der Waals surface area (Å²) < 4.78 is 0. The number of phenols is 4. The lowest BCUT2D eigenvalue weighted by molar-refractivity contribution is 0.473. The lowest BCUT2D eigenvalue weighted by Crippen LogP contribution is -2.00.